The number of carbonyl (C=O) groups is 2. The summed E-state index contributed by atoms with van der Waals surface area (Å²) in [5.41, 5.74) is 0. The zero-order chi connectivity index (χ0) is 17.2. The van der Waals surface area contributed by atoms with Gasteiger partial charge in [0.1, 0.15) is 6.04 Å². The smallest absolute Gasteiger partial charge is 0.287 e. The van der Waals surface area contributed by atoms with E-state index in [4.69, 9.17) is 4.42 Å². The SMILES string of the molecule is CSCCC(NC(=O)c1ccco1)C(=O)NC1CCCCCCC1. The molecule has 2 rings (SSSR count). The van der Waals surface area contributed by atoms with E-state index in [0.717, 1.165) is 18.6 Å². The van der Waals surface area contributed by atoms with E-state index in [1.54, 1.807) is 23.9 Å². The Bertz CT molecular complexity index is 496. The van der Waals surface area contributed by atoms with E-state index in [2.05, 4.69) is 10.6 Å². The molecule has 0 radical (unpaired) electrons. The molecule has 0 aliphatic heterocycles. The van der Waals surface area contributed by atoms with Gasteiger partial charge in [0.05, 0.1) is 6.26 Å². The van der Waals surface area contributed by atoms with Crippen LogP contribution in [0.1, 0.15) is 61.9 Å². The van der Waals surface area contributed by atoms with Crippen molar-refractivity contribution in [3.63, 3.8) is 0 Å². The molecular formula is C18H28N2O3S. The second kappa shape index (κ2) is 10.4. The number of amides is 2. The molecular weight excluding hydrogens is 324 g/mol. The van der Waals surface area contributed by atoms with E-state index in [1.807, 2.05) is 6.26 Å². The Morgan fingerprint density at radius 1 is 1.25 bits per heavy atom. The van der Waals surface area contributed by atoms with Crippen molar-refractivity contribution in [2.75, 3.05) is 12.0 Å². The van der Waals surface area contributed by atoms with Crippen LogP contribution in [-0.2, 0) is 4.79 Å². The van der Waals surface area contributed by atoms with Gasteiger partial charge in [0.25, 0.3) is 5.91 Å². The number of hydrogen-bond acceptors (Lipinski definition) is 4. The highest BCUT2D eigenvalue weighted by Gasteiger charge is 2.24. The van der Waals surface area contributed by atoms with Crippen LogP contribution in [0.25, 0.3) is 0 Å². The quantitative estimate of drug-likeness (QED) is 0.789. The summed E-state index contributed by atoms with van der Waals surface area (Å²) < 4.78 is 5.11. The van der Waals surface area contributed by atoms with Gasteiger partial charge in [-0.25, -0.2) is 0 Å². The first-order chi connectivity index (χ1) is 11.7. The average Bonchev–Trinajstić information content (AvgIpc) is 3.08. The number of nitrogens with one attached hydrogen (secondary N) is 2. The Morgan fingerprint density at radius 3 is 2.58 bits per heavy atom. The number of carbonyl (C=O) groups excluding carboxylic acids is 2. The van der Waals surface area contributed by atoms with Crippen LogP contribution in [0.5, 0.6) is 0 Å². The fourth-order valence-electron chi connectivity index (χ4n) is 3.04. The largest absolute Gasteiger partial charge is 0.459 e. The van der Waals surface area contributed by atoms with Crippen molar-refractivity contribution in [3.8, 4) is 0 Å². The lowest BCUT2D eigenvalue weighted by Crippen LogP contribution is -2.50. The Morgan fingerprint density at radius 2 is 1.96 bits per heavy atom. The molecule has 0 spiro atoms. The second-order valence-corrected chi connectivity index (χ2v) is 7.32. The molecule has 1 aromatic heterocycles. The summed E-state index contributed by atoms with van der Waals surface area (Å²) in [6.45, 7) is 0. The third-order valence-electron chi connectivity index (χ3n) is 4.43. The molecule has 2 N–H and O–H groups in total. The van der Waals surface area contributed by atoms with Crippen molar-refractivity contribution >= 4 is 23.6 Å². The Balaban J connectivity index is 1.92. The van der Waals surface area contributed by atoms with E-state index in [9.17, 15) is 9.59 Å². The van der Waals surface area contributed by atoms with Gasteiger partial charge < -0.3 is 15.1 Å². The molecule has 1 saturated carbocycles. The van der Waals surface area contributed by atoms with Gasteiger partial charge in [-0.05, 0) is 43.4 Å². The van der Waals surface area contributed by atoms with Crippen molar-refractivity contribution in [1.29, 1.82) is 0 Å². The monoisotopic (exact) mass is 352 g/mol. The van der Waals surface area contributed by atoms with Crippen LogP contribution in [0.2, 0.25) is 0 Å². The highest BCUT2D eigenvalue weighted by molar-refractivity contribution is 7.98. The maximum absolute atomic E-state index is 12.7. The normalized spacial score (nSPS) is 17.5. The van der Waals surface area contributed by atoms with E-state index < -0.39 is 6.04 Å². The van der Waals surface area contributed by atoms with Crippen LogP contribution in [0.3, 0.4) is 0 Å². The van der Waals surface area contributed by atoms with E-state index >= 15 is 0 Å². The highest BCUT2D eigenvalue weighted by atomic mass is 32.2. The van der Waals surface area contributed by atoms with Gasteiger partial charge in [0, 0.05) is 6.04 Å². The minimum Gasteiger partial charge on any atom is -0.459 e. The molecule has 0 aromatic carbocycles. The zero-order valence-electron chi connectivity index (χ0n) is 14.4. The van der Waals surface area contributed by atoms with Gasteiger partial charge in [-0.15, -0.1) is 0 Å². The Labute approximate surface area is 148 Å². The Hall–Kier alpha value is -1.43. The lowest BCUT2D eigenvalue weighted by atomic mass is 9.96. The molecule has 5 nitrogen and oxygen atoms in total. The van der Waals surface area contributed by atoms with E-state index in [1.165, 1.54) is 38.4 Å². The summed E-state index contributed by atoms with van der Waals surface area (Å²) in [6.07, 6.45) is 12.3. The van der Waals surface area contributed by atoms with Crippen molar-refractivity contribution < 1.29 is 14.0 Å². The first-order valence-electron chi connectivity index (χ1n) is 8.84. The van der Waals surface area contributed by atoms with Gasteiger partial charge in [-0.1, -0.05) is 32.1 Å². The number of furan rings is 1. The molecule has 1 fully saturated rings. The summed E-state index contributed by atoms with van der Waals surface area (Å²) in [5, 5.41) is 5.97. The molecule has 1 heterocycles. The molecule has 6 heteroatoms. The fourth-order valence-corrected chi connectivity index (χ4v) is 3.52. The average molecular weight is 353 g/mol. The van der Waals surface area contributed by atoms with Crippen molar-refractivity contribution in [2.24, 2.45) is 0 Å². The topological polar surface area (TPSA) is 71.3 Å². The summed E-state index contributed by atoms with van der Waals surface area (Å²) in [7, 11) is 0. The number of hydrogen-bond donors (Lipinski definition) is 2. The van der Waals surface area contributed by atoms with E-state index in [0.29, 0.717) is 6.42 Å². The summed E-state index contributed by atoms with van der Waals surface area (Å²) in [4.78, 5) is 24.8. The third-order valence-corrected chi connectivity index (χ3v) is 5.07. The minimum absolute atomic E-state index is 0.0745. The third kappa shape index (κ3) is 6.23. The molecule has 1 unspecified atom stereocenters. The lowest BCUT2D eigenvalue weighted by Gasteiger charge is -2.24. The summed E-state index contributed by atoms with van der Waals surface area (Å²) in [6, 6.07) is 2.99. The van der Waals surface area contributed by atoms with Crippen LogP contribution >= 0.6 is 11.8 Å². The van der Waals surface area contributed by atoms with Crippen molar-refractivity contribution in [3.05, 3.63) is 24.2 Å². The molecule has 1 aromatic rings. The molecule has 0 saturated heterocycles. The van der Waals surface area contributed by atoms with Crippen molar-refractivity contribution in [1.82, 2.24) is 10.6 Å². The van der Waals surface area contributed by atoms with Crippen LogP contribution in [0.4, 0.5) is 0 Å². The predicted molar refractivity (Wildman–Crippen MR) is 97.2 cm³/mol. The fraction of sp³-hybridized carbons (Fsp3) is 0.667. The zero-order valence-corrected chi connectivity index (χ0v) is 15.2. The first-order valence-corrected chi connectivity index (χ1v) is 10.2. The number of thioether (sulfide) groups is 1. The predicted octanol–water partition coefficient (Wildman–Crippen LogP) is 3.36. The van der Waals surface area contributed by atoms with Gasteiger partial charge in [-0.2, -0.15) is 11.8 Å². The molecule has 2 amide bonds. The van der Waals surface area contributed by atoms with Crippen molar-refractivity contribution in [2.45, 2.75) is 63.5 Å². The first kappa shape index (κ1) is 18.9. The van der Waals surface area contributed by atoms with Gasteiger partial charge in [0.15, 0.2) is 5.76 Å². The maximum atomic E-state index is 12.7. The highest BCUT2D eigenvalue weighted by Crippen LogP contribution is 2.17. The molecule has 24 heavy (non-hydrogen) atoms. The van der Waals surface area contributed by atoms with Gasteiger partial charge in [0.2, 0.25) is 5.91 Å². The maximum Gasteiger partial charge on any atom is 0.287 e. The van der Waals surface area contributed by atoms with Gasteiger partial charge >= 0.3 is 0 Å². The molecule has 1 aliphatic carbocycles. The standard InChI is InChI=1S/C18H28N2O3S/c1-24-13-11-15(20-18(22)16-10-7-12-23-16)17(21)19-14-8-5-3-2-4-6-9-14/h7,10,12,14-15H,2-6,8-9,11,13H2,1H3,(H,19,21)(H,20,22). The molecule has 0 bridgehead atoms. The second-order valence-electron chi connectivity index (χ2n) is 6.34. The van der Waals surface area contributed by atoms with Crippen LogP contribution in [0.15, 0.2) is 22.8 Å². The van der Waals surface area contributed by atoms with Crippen LogP contribution in [0, 0.1) is 0 Å². The Kier molecular flexibility index (Phi) is 8.22. The summed E-state index contributed by atoms with van der Waals surface area (Å²) in [5.74, 6) is 0.651. The van der Waals surface area contributed by atoms with E-state index in [-0.39, 0.29) is 23.6 Å². The minimum atomic E-state index is -0.513. The number of rotatable bonds is 7. The molecule has 134 valence electrons. The van der Waals surface area contributed by atoms with Crippen LogP contribution < -0.4 is 10.6 Å². The molecule has 1 aliphatic rings. The van der Waals surface area contributed by atoms with Gasteiger partial charge in [-0.3, -0.25) is 9.59 Å². The lowest BCUT2D eigenvalue weighted by molar-refractivity contribution is -0.123. The molecule has 1 atom stereocenters. The summed E-state index contributed by atoms with van der Waals surface area (Å²) >= 11 is 1.67. The van der Waals surface area contributed by atoms with Crippen LogP contribution in [-0.4, -0.2) is 35.9 Å².